The SMILES string of the molecule is O[C@H](CC(O)(C(F)(F)F)C(F)(F)F)[C@H](O)c1ccco1. The Bertz CT molecular complexity index is 410. The summed E-state index contributed by atoms with van der Waals surface area (Å²) in [5.74, 6) is -0.427. The van der Waals surface area contributed by atoms with Crippen molar-refractivity contribution in [3.05, 3.63) is 24.2 Å². The highest BCUT2D eigenvalue weighted by molar-refractivity contribution is 5.06. The Labute approximate surface area is 108 Å². The van der Waals surface area contributed by atoms with Gasteiger partial charge < -0.3 is 19.7 Å². The Kier molecular flexibility index (Phi) is 4.42. The second-order valence-electron chi connectivity index (χ2n) is 4.09. The summed E-state index contributed by atoms with van der Waals surface area (Å²) in [6, 6.07) is 2.26. The van der Waals surface area contributed by atoms with Crippen molar-refractivity contribution in [2.75, 3.05) is 0 Å². The summed E-state index contributed by atoms with van der Waals surface area (Å²) in [6.45, 7) is 0. The van der Waals surface area contributed by atoms with Crippen molar-refractivity contribution >= 4 is 0 Å². The fraction of sp³-hybridized carbons (Fsp3) is 0.600. The molecule has 0 spiro atoms. The fourth-order valence-corrected chi connectivity index (χ4v) is 1.46. The molecule has 2 atom stereocenters. The van der Waals surface area contributed by atoms with Gasteiger partial charge in [0.05, 0.1) is 12.4 Å². The second kappa shape index (κ2) is 5.26. The monoisotopic (exact) mass is 308 g/mol. The molecule has 1 aromatic heterocycles. The summed E-state index contributed by atoms with van der Waals surface area (Å²) >= 11 is 0. The van der Waals surface area contributed by atoms with Crippen LogP contribution in [0.1, 0.15) is 18.3 Å². The second-order valence-corrected chi connectivity index (χ2v) is 4.09. The van der Waals surface area contributed by atoms with Crippen molar-refractivity contribution in [3.8, 4) is 0 Å². The number of alkyl halides is 6. The average molecular weight is 308 g/mol. The molecule has 0 aliphatic heterocycles. The molecule has 20 heavy (non-hydrogen) atoms. The Hall–Kier alpha value is -1.26. The van der Waals surface area contributed by atoms with E-state index < -0.39 is 42.3 Å². The predicted molar refractivity (Wildman–Crippen MR) is 51.4 cm³/mol. The van der Waals surface area contributed by atoms with Crippen molar-refractivity contribution in [2.24, 2.45) is 0 Å². The van der Waals surface area contributed by atoms with Crippen molar-refractivity contribution in [2.45, 2.75) is 36.6 Å². The van der Waals surface area contributed by atoms with Gasteiger partial charge in [0, 0.05) is 6.42 Å². The first-order valence-corrected chi connectivity index (χ1v) is 5.15. The number of halogens is 6. The molecular weight excluding hydrogens is 298 g/mol. The minimum atomic E-state index is -6.06. The van der Waals surface area contributed by atoms with Crippen LogP contribution in [0.2, 0.25) is 0 Å². The maximum absolute atomic E-state index is 12.4. The van der Waals surface area contributed by atoms with E-state index in [9.17, 15) is 36.6 Å². The van der Waals surface area contributed by atoms with E-state index >= 15 is 0 Å². The number of aliphatic hydroxyl groups excluding tert-OH is 2. The van der Waals surface area contributed by atoms with Crippen LogP contribution in [0.4, 0.5) is 26.3 Å². The van der Waals surface area contributed by atoms with Crippen molar-refractivity contribution in [1.82, 2.24) is 0 Å². The van der Waals surface area contributed by atoms with Crippen molar-refractivity contribution in [1.29, 1.82) is 0 Å². The van der Waals surface area contributed by atoms with Gasteiger partial charge in [-0.3, -0.25) is 0 Å². The van der Waals surface area contributed by atoms with E-state index in [1.54, 1.807) is 0 Å². The van der Waals surface area contributed by atoms with Crippen LogP contribution in [0.5, 0.6) is 0 Å². The molecule has 0 aliphatic carbocycles. The molecule has 0 aliphatic rings. The van der Waals surface area contributed by atoms with E-state index in [0.717, 1.165) is 12.3 Å². The number of hydrogen-bond donors (Lipinski definition) is 3. The maximum atomic E-state index is 12.4. The van der Waals surface area contributed by atoms with Gasteiger partial charge in [-0.1, -0.05) is 0 Å². The molecule has 0 bridgehead atoms. The topological polar surface area (TPSA) is 73.8 Å². The van der Waals surface area contributed by atoms with Gasteiger partial charge in [-0.25, -0.2) is 0 Å². The Morgan fingerprint density at radius 3 is 1.90 bits per heavy atom. The minimum Gasteiger partial charge on any atom is -0.466 e. The quantitative estimate of drug-likeness (QED) is 0.743. The number of aliphatic hydroxyl groups is 3. The molecule has 10 heteroatoms. The molecule has 1 heterocycles. The Morgan fingerprint density at radius 2 is 1.55 bits per heavy atom. The van der Waals surface area contributed by atoms with Crippen LogP contribution >= 0.6 is 0 Å². The molecule has 0 radical (unpaired) electrons. The first kappa shape index (κ1) is 16.8. The van der Waals surface area contributed by atoms with E-state index in [2.05, 4.69) is 4.42 Å². The standard InChI is InChI=1S/C10H10F6O4/c11-9(12,13)8(19,10(14,15)16)4-5(17)7(18)6-2-1-3-20-6/h1-3,5,7,17-19H,4H2/t5-,7+/m1/s1. The molecule has 3 N–H and O–H groups in total. The van der Waals surface area contributed by atoms with Crippen LogP contribution in [0, 0.1) is 0 Å². The molecule has 0 saturated carbocycles. The van der Waals surface area contributed by atoms with Crippen LogP contribution in [-0.2, 0) is 0 Å². The highest BCUT2D eigenvalue weighted by Crippen LogP contribution is 2.46. The van der Waals surface area contributed by atoms with E-state index in [4.69, 9.17) is 5.11 Å². The Balaban J connectivity index is 2.97. The molecule has 0 amide bonds. The van der Waals surface area contributed by atoms with E-state index in [-0.39, 0.29) is 0 Å². The lowest BCUT2D eigenvalue weighted by atomic mass is 9.91. The van der Waals surface area contributed by atoms with Gasteiger partial charge in [-0.15, -0.1) is 0 Å². The third-order valence-electron chi connectivity index (χ3n) is 2.64. The smallest absolute Gasteiger partial charge is 0.426 e. The first-order valence-electron chi connectivity index (χ1n) is 5.15. The fourth-order valence-electron chi connectivity index (χ4n) is 1.46. The van der Waals surface area contributed by atoms with Gasteiger partial charge in [0.25, 0.3) is 5.60 Å². The van der Waals surface area contributed by atoms with Gasteiger partial charge >= 0.3 is 12.4 Å². The van der Waals surface area contributed by atoms with Crippen LogP contribution in [-0.4, -0.2) is 39.4 Å². The lowest BCUT2D eigenvalue weighted by Crippen LogP contribution is -2.58. The van der Waals surface area contributed by atoms with E-state index in [1.807, 2.05) is 0 Å². The molecule has 0 unspecified atom stereocenters. The lowest BCUT2D eigenvalue weighted by molar-refractivity contribution is -0.375. The number of furan rings is 1. The summed E-state index contributed by atoms with van der Waals surface area (Å²) in [7, 11) is 0. The molecule has 4 nitrogen and oxygen atoms in total. The van der Waals surface area contributed by atoms with Gasteiger partial charge in [-0.05, 0) is 12.1 Å². The number of rotatable bonds is 4. The van der Waals surface area contributed by atoms with E-state index in [0.29, 0.717) is 0 Å². The molecular formula is C10H10F6O4. The van der Waals surface area contributed by atoms with Gasteiger partial charge in [-0.2, -0.15) is 26.3 Å². The van der Waals surface area contributed by atoms with Crippen molar-refractivity contribution in [3.63, 3.8) is 0 Å². The number of hydrogen-bond acceptors (Lipinski definition) is 4. The third-order valence-corrected chi connectivity index (χ3v) is 2.64. The highest BCUT2D eigenvalue weighted by Gasteiger charge is 2.70. The van der Waals surface area contributed by atoms with Crippen LogP contribution < -0.4 is 0 Å². The largest absolute Gasteiger partial charge is 0.466 e. The zero-order valence-corrected chi connectivity index (χ0v) is 9.61. The molecule has 1 aromatic rings. The highest BCUT2D eigenvalue weighted by atomic mass is 19.4. The summed E-state index contributed by atoms with van der Waals surface area (Å²) in [5.41, 5.74) is -5.13. The van der Waals surface area contributed by atoms with Crippen LogP contribution in [0.25, 0.3) is 0 Å². The summed E-state index contributed by atoms with van der Waals surface area (Å²) in [6.07, 6.45) is -18.0. The molecule has 0 fully saturated rings. The third kappa shape index (κ3) is 3.07. The van der Waals surface area contributed by atoms with Gasteiger partial charge in [0.2, 0.25) is 0 Å². The van der Waals surface area contributed by atoms with Crippen LogP contribution in [0.3, 0.4) is 0 Å². The van der Waals surface area contributed by atoms with Gasteiger partial charge in [0.1, 0.15) is 11.9 Å². The minimum absolute atomic E-state index is 0.427. The predicted octanol–water partition coefficient (Wildman–Crippen LogP) is 1.92. The lowest BCUT2D eigenvalue weighted by Gasteiger charge is -2.34. The molecule has 116 valence electrons. The maximum Gasteiger partial charge on any atom is 0.426 e. The first-order chi connectivity index (χ1) is 8.90. The summed E-state index contributed by atoms with van der Waals surface area (Å²) in [4.78, 5) is 0. The molecule has 0 aromatic carbocycles. The summed E-state index contributed by atoms with van der Waals surface area (Å²) < 4.78 is 78.8. The Morgan fingerprint density at radius 1 is 1.05 bits per heavy atom. The van der Waals surface area contributed by atoms with Crippen molar-refractivity contribution < 1.29 is 46.1 Å². The zero-order valence-electron chi connectivity index (χ0n) is 9.61. The van der Waals surface area contributed by atoms with Crippen LogP contribution in [0.15, 0.2) is 22.8 Å². The summed E-state index contributed by atoms with van der Waals surface area (Å²) in [5, 5.41) is 27.5. The molecule has 0 saturated heterocycles. The zero-order chi connectivity index (χ0) is 15.8. The average Bonchev–Trinajstić information content (AvgIpc) is 2.77. The van der Waals surface area contributed by atoms with Gasteiger partial charge in [0.15, 0.2) is 0 Å². The molecule has 1 rings (SSSR count). The normalized spacial score (nSPS) is 17.1. The van der Waals surface area contributed by atoms with E-state index in [1.165, 1.54) is 6.07 Å².